The largest absolute Gasteiger partial charge is 0.453 e. The zero-order valence-corrected chi connectivity index (χ0v) is 12.1. The van der Waals surface area contributed by atoms with Gasteiger partial charge in [-0.3, -0.25) is 10.1 Å². The number of rotatable bonds is 4. The number of aromatic amines is 1. The summed E-state index contributed by atoms with van der Waals surface area (Å²) in [5.41, 5.74) is 2.10. The van der Waals surface area contributed by atoms with Gasteiger partial charge in [-0.15, -0.1) is 5.10 Å². The van der Waals surface area contributed by atoms with Crippen molar-refractivity contribution in [3.63, 3.8) is 0 Å². The summed E-state index contributed by atoms with van der Waals surface area (Å²) in [7, 11) is 1.24. The summed E-state index contributed by atoms with van der Waals surface area (Å²) in [6.07, 6.45) is 2.32. The normalized spacial score (nSPS) is 10.5. The predicted molar refractivity (Wildman–Crippen MR) is 80.8 cm³/mol. The van der Waals surface area contributed by atoms with Crippen LogP contribution in [0.3, 0.4) is 0 Å². The van der Waals surface area contributed by atoms with Gasteiger partial charge in [-0.2, -0.15) is 0 Å². The number of benzene rings is 1. The van der Waals surface area contributed by atoms with Crippen molar-refractivity contribution < 1.29 is 14.3 Å². The molecule has 0 fully saturated rings. The highest BCUT2D eigenvalue weighted by Gasteiger charge is 2.10. The molecule has 0 atom stereocenters. The van der Waals surface area contributed by atoms with Gasteiger partial charge in [0.1, 0.15) is 12.1 Å². The summed E-state index contributed by atoms with van der Waals surface area (Å²) in [6, 6.07) is 5.43. The summed E-state index contributed by atoms with van der Waals surface area (Å²) in [5, 5.41) is 12.6. The number of imidazole rings is 1. The van der Waals surface area contributed by atoms with Crippen LogP contribution in [0.5, 0.6) is 0 Å². The fourth-order valence-corrected chi connectivity index (χ4v) is 1.99. The third kappa shape index (κ3) is 3.26. The molecule has 0 aliphatic rings. The van der Waals surface area contributed by atoms with Gasteiger partial charge in [-0.1, -0.05) is 11.3 Å². The zero-order valence-electron chi connectivity index (χ0n) is 12.1. The number of H-pyrrole nitrogens is 1. The number of carbonyl (C=O) groups excluding carboxylic acids is 2. The molecule has 23 heavy (non-hydrogen) atoms. The van der Waals surface area contributed by atoms with Crippen molar-refractivity contribution >= 4 is 34.5 Å². The topological polar surface area (TPSA) is 127 Å². The lowest BCUT2D eigenvalue weighted by Crippen LogP contribution is -2.19. The average Bonchev–Trinajstić information content (AvgIpc) is 3.17. The first-order valence-corrected chi connectivity index (χ1v) is 6.63. The maximum atomic E-state index is 12.1. The maximum absolute atomic E-state index is 12.1. The number of ether oxygens (including phenoxy) is 1. The van der Waals surface area contributed by atoms with Crippen LogP contribution in [-0.2, 0) is 16.1 Å². The number of carbonyl (C=O) groups is 2. The second-order valence-electron chi connectivity index (χ2n) is 4.57. The molecule has 3 rings (SSSR count). The van der Waals surface area contributed by atoms with Crippen molar-refractivity contribution in [3.05, 3.63) is 30.7 Å². The highest BCUT2D eigenvalue weighted by molar-refractivity contribution is 5.99. The number of nitrogens with one attached hydrogen (secondary N) is 3. The van der Waals surface area contributed by atoms with Gasteiger partial charge < -0.3 is 15.0 Å². The molecule has 0 bridgehead atoms. The first kappa shape index (κ1) is 14.5. The zero-order chi connectivity index (χ0) is 16.2. The van der Waals surface area contributed by atoms with Crippen molar-refractivity contribution in [1.29, 1.82) is 0 Å². The highest BCUT2D eigenvalue weighted by Crippen LogP contribution is 2.19. The third-order valence-corrected chi connectivity index (χ3v) is 2.98. The molecule has 0 saturated carbocycles. The second kappa shape index (κ2) is 6.13. The van der Waals surface area contributed by atoms with Gasteiger partial charge in [0.05, 0.1) is 30.8 Å². The first-order chi connectivity index (χ1) is 11.2. The number of methoxy groups -OCH3 is 1. The lowest BCUT2D eigenvalue weighted by molar-refractivity contribution is -0.116. The number of amides is 2. The minimum Gasteiger partial charge on any atom is -0.453 e. The third-order valence-electron chi connectivity index (χ3n) is 2.98. The van der Waals surface area contributed by atoms with E-state index in [4.69, 9.17) is 0 Å². The van der Waals surface area contributed by atoms with Crippen LogP contribution in [0.4, 0.5) is 16.3 Å². The SMILES string of the molecule is COC(=O)Nc1cn(CC(=O)Nc2cccc3[nH]cnc23)nn1. The van der Waals surface area contributed by atoms with Crippen molar-refractivity contribution in [2.75, 3.05) is 17.7 Å². The van der Waals surface area contributed by atoms with E-state index in [-0.39, 0.29) is 18.3 Å². The molecule has 2 heterocycles. The van der Waals surface area contributed by atoms with E-state index in [2.05, 4.69) is 35.7 Å². The summed E-state index contributed by atoms with van der Waals surface area (Å²) < 4.78 is 5.74. The molecule has 3 aromatic rings. The van der Waals surface area contributed by atoms with Crippen molar-refractivity contribution in [2.45, 2.75) is 6.54 Å². The number of hydrogen-bond acceptors (Lipinski definition) is 6. The minimum absolute atomic E-state index is 0.0589. The van der Waals surface area contributed by atoms with Crippen LogP contribution in [0.2, 0.25) is 0 Å². The lowest BCUT2D eigenvalue weighted by atomic mass is 10.2. The molecular weight excluding hydrogens is 302 g/mol. The fourth-order valence-electron chi connectivity index (χ4n) is 1.99. The van der Waals surface area contributed by atoms with Gasteiger partial charge in [0.15, 0.2) is 5.82 Å². The van der Waals surface area contributed by atoms with E-state index in [0.717, 1.165) is 5.52 Å². The van der Waals surface area contributed by atoms with Crippen LogP contribution in [0.1, 0.15) is 0 Å². The molecule has 0 aliphatic heterocycles. The van der Waals surface area contributed by atoms with Gasteiger partial charge in [0.25, 0.3) is 0 Å². The molecule has 0 radical (unpaired) electrons. The Kier molecular flexibility index (Phi) is 3.87. The van der Waals surface area contributed by atoms with Crippen LogP contribution in [0.15, 0.2) is 30.7 Å². The van der Waals surface area contributed by atoms with Crippen LogP contribution in [0.25, 0.3) is 11.0 Å². The van der Waals surface area contributed by atoms with Crippen molar-refractivity contribution in [1.82, 2.24) is 25.0 Å². The molecule has 10 heteroatoms. The Balaban J connectivity index is 1.65. The smallest absolute Gasteiger partial charge is 0.412 e. The first-order valence-electron chi connectivity index (χ1n) is 6.63. The Morgan fingerprint density at radius 2 is 2.22 bits per heavy atom. The Morgan fingerprint density at radius 1 is 1.35 bits per heavy atom. The van der Waals surface area contributed by atoms with E-state index in [9.17, 15) is 9.59 Å². The Morgan fingerprint density at radius 3 is 3.04 bits per heavy atom. The Labute approximate surface area is 129 Å². The van der Waals surface area contributed by atoms with Crippen LogP contribution >= 0.6 is 0 Å². The van der Waals surface area contributed by atoms with Gasteiger partial charge in [-0.05, 0) is 12.1 Å². The highest BCUT2D eigenvalue weighted by atomic mass is 16.5. The minimum atomic E-state index is -0.660. The van der Waals surface area contributed by atoms with E-state index < -0.39 is 6.09 Å². The Bertz CT molecular complexity index is 854. The number of aromatic nitrogens is 5. The van der Waals surface area contributed by atoms with E-state index in [0.29, 0.717) is 11.2 Å². The number of para-hydroxylation sites is 1. The van der Waals surface area contributed by atoms with Crippen LogP contribution < -0.4 is 10.6 Å². The average molecular weight is 315 g/mol. The molecule has 0 saturated heterocycles. The summed E-state index contributed by atoms with van der Waals surface area (Å²) in [5.74, 6) is -0.103. The summed E-state index contributed by atoms with van der Waals surface area (Å²) in [6.45, 7) is -0.0589. The number of nitrogens with zero attached hydrogens (tertiary/aromatic N) is 4. The van der Waals surface area contributed by atoms with Gasteiger partial charge in [0.2, 0.25) is 5.91 Å². The molecule has 118 valence electrons. The molecule has 0 aliphatic carbocycles. The summed E-state index contributed by atoms with van der Waals surface area (Å²) in [4.78, 5) is 30.3. The maximum Gasteiger partial charge on any atom is 0.412 e. The monoisotopic (exact) mass is 315 g/mol. The van der Waals surface area contributed by atoms with Crippen molar-refractivity contribution in [3.8, 4) is 0 Å². The van der Waals surface area contributed by atoms with Gasteiger partial charge in [-0.25, -0.2) is 14.5 Å². The molecule has 0 spiro atoms. The fraction of sp³-hybridized carbons (Fsp3) is 0.154. The molecular formula is C13H13N7O3. The van der Waals surface area contributed by atoms with Gasteiger partial charge in [0, 0.05) is 0 Å². The molecule has 0 unspecified atom stereocenters. The lowest BCUT2D eigenvalue weighted by Gasteiger charge is -2.05. The number of fused-ring (bicyclic) bond motifs is 1. The standard InChI is InChI=1S/C13H13N7O3/c1-23-13(22)17-10-5-20(19-18-10)6-11(21)16-9-4-2-3-8-12(9)15-7-14-8/h2-5,7H,6H2,1H3,(H,14,15)(H,16,21)(H,17,22). The number of hydrogen-bond donors (Lipinski definition) is 3. The van der Waals surface area contributed by atoms with Crippen LogP contribution in [-0.4, -0.2) is 44.1 Å². The molecule has 2 aromatic heterocycles. The molecule has 2 amide bonds. The van der Waals surface area contributed by atoms with E-state index in [1.165, 1.54) is 18.0 Å². The van der Waals surface area contributed by atoms with E-state index in [1.807, 2.05) is 12.1 Å². The number of anilines is 2. The Hall–Kier alpha value is -3.43. The van der Waals surface area contributed by atoms with Crippen LogP contribution in [0, 0.1) is 0 Å². The van der Waals surface area contributed by atoms with Crippen molar-refractivity contribution in [2.24, 2.45) is 0 Å². The summed E-state index contributed by atoms with van der Waals surface area (Å²) >= 11 is 0. The quantitative estimate of drug-likeness (QED) is 0.658. The molecule has 1 aromatic carbocycles. The molecule has 10 nitrogen and oxygen atoms in total. The van der Waals surface area contributed by atoms with Gasteiger partial charge >= 0.3 is 6.09 Å². The second-order valence-corrected chi connectivity index (χ2v) is 4.57. The van der Waals surface area contributed by atoms with E-state index >= 15 is 0 Å². The van der Waals surface area contributed by atoms with E-state index in [1.54, 1.807) is 12.4 Å². The predicted octanol–water partition coefficient (Wildman–Crippen LogP) is 0.971. The molecule has 3 N–H and O–H groups in total.